The third kappa shape index (κ3) is 4.95. The molecule has 3 aromatic rings. The van der Waals surface area contributed by atoms with Gasteiger partial charge in [0.05, 0.1) is 19.3 Å². The Balaban J connectivity index is 1.36. The number of methoxy groups -OCH3 is 1. The van der Waals surface area contributed by atoms with Crippen molar-refractivity contribution in [2.24, 2.45) is 0 Å². The van der Waals surface area contributed by atoms with Gasteiger partial charge in [0.25, 0.3) is 0 Å². The molecule has 5 rings (SSSR count). The van der Waals surface area contributed by atoms with Crippen LogP contribution in [0.3, 0.4) is 0 Å². The number of ether oxygens (including phenoxy) is 3. The summed E-state index contributed by atoms with van der Waals surface area (Å²) in [4.78, 5) is 20.9. The zero-order valence-electron chi connectivity index (χ0n) is 21.4. The van der Waals surface area contributed by atoms with E-state index >= 15 is 0 Å². The Kier molecular flexibility index (Phi) is 7.48. The molecule has 0 aliphatic carbocycles. The maximum atomic E-state index is 12.0. The molecule has 7 nitrogen and oxygen atoms in total. The van der Waals surface area contributed by atoms with Gasteiger partial charge in [0.2, 0.25) is 0 Å². The number of aromatic amines is 1. The Labute approximate surface area is 213 Å². The molecule has 0 bridgehead atoms. The van der Waals surface area contributed by atoms with Gasteiger partial charge >= 0.3 is 5.97 Å². The Bertz CT molecular complexity index is 1180. The molecular weight excluding hydrogens is 454 g/mol. The molecule has 0 saturated carbocycles. The number of likely N-dealkylation sites (tertiary alicyclic amines) is 1. The van der Waals surface area contributed by atoms with Crippen LogP contribution < -0.4 is 9.47 Å². The molecule has 7 heteroatoms. The summed E-state index contributed by atoms with van der Waals surface area (Å²) < 4.78 is 16.7. The van der Waals surface area contributed by atoms with Gasteiger partial charge in [-0.25, -0.2) is 0 Å². The molecule has 3 heterocycles. The van der Waals surface area contributed by atoms with E-state index in [1.165, 1.54) is 22.2 Å². The molecule has 0 radical (unpaired) electrons. The molecule has 1 spiro atoms. The van der Waals surface area contributed by atoms with E-state index in [4.69, 9.17) is 14.2 Å². The van der Waals surface area contributed by atoms with Crippen molar-refractivity contribution in [1.82, 2.24) is 14.8 Å². The fourth-order valence-electron chi connectivity index (χ4n) is 5.94. The molecule has 36 heavy (non-hydrogen) atoms. The standard InChI is InChI=1S/C29H37N3O4/c1-3-35-27(33)10-7-15-32-16-13-24-25-20-23(34-2)11-12-26(25)30-28(24)29(32)14-17-31(21-29)18-19-36-22-8-5-4-6-9-22/h4-6,8-9,11-12,20,30H,3,7,10,13-19,21H2,1-2H3. The maximum absolute atomic E-state index is 12.0. The number of para-hydroxylation sites is 1. The number of carbonyl (C=O) groups excluding carboxylic acids is 1. The monoisotopic (exact) mass is 491 g/mol. The van der Waals surface area contributed by atoms with E-state index in [9.17, 15) is 4.79 Å². The molecule has 1 saturated heterocycles. The zero-order valence-corrected chi connectivity index (χ0v) is 21.4. The summed E-state index contributed by atoms with van der Waals surface area (Å²) in [6.07, 6.45) is 3.31. The number of hydrogen-bond acceptors (Lipinski definition) is 6. The van der Waals surface area contributed by atoms with Crippen molar-refractivity contribution in [3.8, 4) is 11.5 Å². The predicted molar refractivity (Wildman–Crippen MR) is 141 cm³/mol. The predicted octanol–water partition coefficient (Wildman–Crippen LogP) is 4.36. The highest BCUT2D eigenvalue weighted by Crippen LogP contribution is 2.45. The van der Waals surface area contributed by atoms with Crippen molar-refractivity contribution in [1.29, 1.82) is 0 Å². The molecule has 1 atom stereocenters. The number of esters is 1. The van der Waals surface area contributed by atoms with Crippen LogP contribution in [0.1, 0.15) is 37.4 Å². The van der Waals surface area contributed by atoms with Crippen molar-refractivity contribution in [3.63, 3.8) is 0 Å². The molecule has 2 aliphatic rings. The maximum Gasteiger partial charge on any atom is 0.305 e. The van der Waals surface area contributed by atoms with Gasteiger partial charge in [0.15, 0.2) is 0 Å². The zero-order chi connectivity index (χ0) is 25.0. The van der Waals surface area contributed by atoms with Crippen molar-refractivity contribution in [2.75, 3.05) is 53.0 Å². The number of benzene rings is 2. The number of hydrogen-bond donors (Lipinski definition) is 1. The lowest BCUT2D eigenvalue weighted by Gasteiger charge is -2.45. The number of fused-ring (bicyclic) bond motifs is 4. The highest BCUT2D eigenvalue weighted by atomic mass is 16.5. The first-order valence-electron chi connectivity index (χ1n) is 13.1. The van der Waals surface area contributed by atoms with E-state index in [1.807, 2.05) is 43.3 Å². The topological polar surface area (TPSA) is 67.0 Å². The Morgan fingerprint density at radius 2 is 1.94 bits per heavy atom. The smallest absolute Gasteiger partial charge is 0.305 e. The fraction of sp³-hybridized carbons (Fsp3) is 0.483. The second kappa shape index (κ2) is 10.9. The molecule has 1 N–H and O–H groups in total. The first kappa shape index (κ1) is 24.7. The minimum atomic E-state index is -0.104. The van der Waals surface area contributed by atoms with Crippen molar-refractivity contribution < 1.29 is 19.0 Å². The van der Waals surface area contributed by atoms with Crippen LogP contribution in [-0.2, 0) is 21.5 Å². The molecular formula is C29H37N3O4. The highest BCUT2D eigenvalue weighted by molar-refractivity contribution is 5.87. The van der Waals surface area contributed by atoms with E-state index in [2.05, 4.69) is 26.9 Å². The third-order valence-corrected chi connectivity index (χ3v) is 7.68. The molecule has 1 aromatic heterocycles. The number of H-pyrrole nitrogens is 1. The van der Waals surface area contributed by atoms with Gasteiger partial charge in [-0.15, -0.1) is 0 Å². The highest BCUT2D eigenvalue weighted by Gasteiger charge is 2.48. The second-order valence-corrected chi connectivity index (χ2v) is 9.75. The van der Waals surface area contributed by atoms with Crippen LogP contribution in [0.2, 0.25) is 0 Å². The Morgan fingerprint density at radius 1 is 1.08 bits per heavy atom. The summed E-state index contributed by atoms with van der Waals surface area (Å²) in [6, 6.07) is 16.3. The average molecular weight is 492 g/mol. The first-order valence-corrected chi connectivity index (χ1v) is 13.1. The quantitative estimate of drug-likeness (QED) is 0.425. The second-order valence-electron chi connectivity index (χ2n) is 9.75. The number of rotatable bonds is 10. The first-order chi connectivity index (χ1) is 17.6. The van der Waals surface area contributed by atoms with Crippen LogP contribution >= 0.6 is 0 Å². The SMILES string of the molecule is CCOC(=O)CCCN1CCc2c([nH]c3ccc(OC)cc23)C12CCN(CCOc1ccccc1)C2. The molecule has 0 amide bonds. The molecule has 2 aromatic carbocycles. The molecule has 1 unspecified atom stereocenters. The molecule has 2 aliphatic heterocycles. The summed E-state index contributed by atoms with van der Waals surface area (Å²) >= 11 is 0. The number of nitrogens with zero attached hydrogens (tertiary/aromatic N) is 2. The van der Waals surface area contributed by atoms with Gasteiger partial charge in [-0.3, -0.25) is 14.6 Å². The van der Waals surface area contributed by atoms with E-state index in [-0.39, 0.29) is 11.5 Å². The summed E-state index contributed by atoms with van der Waals surface area (Å²) in [5, 5.41) is 1.26. The minimum Gasteiger partial charge on any atom is -0.497 e. The van der Waals surface area contributed by atoms with Crippen LogP contribution in [0.25, 0.3) is 10.9 Å². The van der Waals surface area contributed by atoms with Gasteiger partial charge in [-0.05, 0) is 68.6 Å². The van der Waals surface area contributed by atoms with Crippen LogP contribution in [0.5, 0.6) is 11.5 Å². The third-order valence-electron chi connectivity index (χ3n) is 7.68. The number of carbonyl (C=O) groups is 1. The lowest BCUT2D eigenvalue weighted by Crippen LogP contribution is -2.53. The van der Waals surface area contributed by atoms with E-state index < -0.39 is 0 Å². The normalized spacial score (nSPS) is 20.1. The number of aromatic nitrogens is 1. The molecule has 1 fully saturated rings. The number of nitrogens with one attached hydrogen (secondary N) is 1. The average Bonchev–Trinajstić information content (AvgIpc) is 3.49. The van der Waals surface area contributed by atoms with E-state index in [1.54, 1.807) is 7.11 Å². The van der Waals surface area contributed by atoms with Gasteiger partial charge < -0.3 is 19.2 Å². The van der Waals surface area contributed by atoms with Crippen LogP contribution in [-0.4, -0.2) is 73.8 Å². The van der Waals surface area contributed by atoms with E-state index in [0.717, 1.165) is 63.5 Å². The van der Waals surface area contributed by atoms with Crippen LogP contribution in [0, 0.1) is 0 Å². The Morgan fingerprint density at radius 3 is 2.75 bits per heavy atom. The van der Waals surface area contributed by atoms with Crippen molar-refractivity contribution >= 4 is 16.9 Å². The van der Waals surface area contributed by atoms with Crippen molar-refractivity contribution in [2.45, 2.75) is 38.1 Å². The van der Waals surface area contributed by atoms with Crippen LogP contribution in [0.15, 0.2) is 48.5 Å². The lowest BCUT2D eigenvalue weighted by atomic mass is 9.83. The summed E-state index contributed by atoms with van der Waals surface area (Å²) in [6.45, 7) is 7.68. The Hall–Kier alpha value is -3.03. The van der Waals surface area contributed by atoms with Crippen molar-refractivity contribution in [3.05, 3.63) is 59.8 Å². The molecule has 192 valence electrons. The van der Waals surface area contributed by atoms with Gasteiger partial charge in [0, 0.05) is 49.2 Å². The largest absolute Gasteiger partial charge is 0.497 e. The van der Waals surface area contributed by atoms with Crippen LogP contribution in [0.4, 0.5) is 0 Å². The van der Waals surface area contributed by atoms with Gasteiger partial charge in [0.1, 0.15) is 18.1 Å². The van der Waals surface area contributed by atoms with E-state index in [0.29, 0.717) is 19.6 Å². The lowest BCUT2D eigenvalue weighted by molar-refractivity contribution is -0.143. The summed E-state index contributed by atoms with van der Waals surface area (Å²) in [5.41, 5.74) is 3.81. The van der Waals surface area contributed by atoms with Gasteiger partial charge in [-0.1, -0.05) is 18.2 Å². The summed E-state index contributed by atoms with van der Waals surface area (Å²) in [5.74, 6) is 1.70. The summed E-state index contributed by atoms with van der Waals surface area (Å²) in [7, 11) is 1.72. The van der Waals surface area contributed by atoms with Gasteiger partial charge in [-0.2, -0.15) is 0 Å². The minimum absolute atomic E-state index is 0.0960. The fourth-order valence-corrected chi connectivity index (χ4v) is 5.94.